The SMILES string of the molecule is CC1CC=Cc2c1oc1ccc(-c3cccc(-c4ccccc4)c3)c(-c3nc(-c4ccc5c(c4)oc4ccccc45)nc(-c4ccc(-c5ccccc5)c5ccccc45)n3)c21. The lowest BCUT2D eigenvalue weighted by atomic mass is 9.89. The molecular weight excluding hydrogens is 747 g/mol. The van der Waals surface area contributed by atoms with E-state index in [9.17, 15) is 0 Å². The van der Waals surface area contributed by atoms with Crippen LogP contribution in [0, 0.1) is 0 Å². The van der Waals surface area contributed by atoms with Crippen LogP contribution < -0.4 is 0 Å². The van der Waals surface area contributed by atoms with Gasteiger partial charge in [-0.1, -0.05) is 153 Å². The molecule has 11 aromatic rings. The summed E-state index contributed by atoms with van der Waals surface area (Å²) < 4.78 is 13.1. The van der Waals surface area contributed by atoms with Crippen molar-refractivity contribution in [2.75, 3.05) is 0 Å². The van der Waals surface area contributed by atoms with Gasteiger partial charge >= 0.3 is 0 Å². The average Bonchev–Trinajstić information content (AvgIpc) is 3.90. The number of benzene rings is 8. The minimum atomic E-state index is 0.236. The van der Waals surface area contributed by atoms with Crippen LogP contribution in [0.5, 0.6) is 0 Å². The zero-order chi connectivity index (χ0) is 40.4. The van der Waals surface area contributed by atoms with Crippen LogP contribution in [0.3, 0.4) is 0 Å². The van der Waals surface area contributed by atoms with Gasteiger partial charge < -0.3 is 8.83 Å². The molecule has 1 aliphatic rings. The van der Waals surface area contributed by atoms with E-state index in [0.717, 1.165) is 111 Å². The van der Waals surface area contributed by atoms with Crippen LogP contribution in [-0.4, -0.2) is 15.0 Å². The molecule has 0 aliphatic heterocycles. The van der Waals surface area contributed by atoms with E-state index in [4.69, 9.17) is 23.8 Å². The second-order valence-electron chi connectivity index (χ2n) is 15.9. The predicted octanol–water partition coefficient (Wildman–Crippen LogP) is 15.2. The molecule has 0 radical (unpaired) electrons. The lowest BCUT2D eigenvalue weighted by molar-refractivity contribution is 0.504. The summed E-state index contributed by atoms with van der Waals surface area (Å²) in [5.41, 5.74) is 12.9. The minimum absolute atomic E-state index is 0.236. The molecule has 0 saturated carbocycles. The number of para-hydroxylation sites is 1. The fraction of sp³-hybridized carbons (Fsp3) is 0.0536. The molecule has 288 valence electrons. The summed E-state index contributed by atoms with van der Waals surface area (Å²) in [6.07, 6.45) is 5.38. The zero-order valence-electron chi connectivity index (χ0n) is 33.3. The molecule has 5 nitrogen and oxygen atoms in total. The van der Waals surface area contributed by atoms with Crippen molar-refractivity contribution in [3.8, 4) is 67.5 Å². The summed E-state index contributed by atoms with van der Waals surface area (Å²) in [4.78, 5) is 16.3. The highest BCUT2D eigenvalue weighted by Crippen LogP contribution is 2.46. The van der Waals surface area contributed by atoms with E-state index in [1.807, 2.05) is 18.2 Å². The number of hydrogen-bond acceptors (Lipinski definition) is 5. The number of nitrogens with zero attached hydrogens (tertiary/aromatic N) is 3. The maximum Gasteiger partial charge on any atom is 0.165 e. The lowest BCUT2D eigenvalue weighted by Crippen LogP contribution is -2.03. The largest absolute Gasteiger partial charge is 0.460 e. The molecule has 8 aromatic carbocycles. The Morgan fingerprint density at radius 2 is 1.07 bits per heavy atom. The molecule has 1 atom stereocenters. The van der Waals surface area contributed by atoms with Crippen LogP contribution in [0.2, 0.25) is 0 Å². The van der Waals surface area contributed by atoms with Crippen LogP contribution in [0.25, 0.3) is 117 Å². The topological polar surface area (TPSA) is 65.0 Å². The Balaban J connectivity index is 1.15. The van der Waals surface area contributed by atoms with Crippen LogP contribution in [-0.2, 0) is 0 Å². The van der Waals surface area contributed by atoms with Crippen molar-refractivity contribution in [2.24, 2.45) is 0 Å². The Bertz CT molecular complexity index is 3530. The van der Waals surface area contributed by atoms with Gasteiger partial charge in [0.1, 0.15) is 22.5 Å². The first-order chi connectivity index (χ1) is 30.1. The molecule has 12 rings (SSSR count). The molecule has 0 N–H and O–H groups in total. The third kappa shape index (κ3) is 5.89. The van der Waals surface area contributed by atoms with Gasteiger partial charge in [0.05, 0.1) is 0 Å². The third-order valence-electron chi connectivity index (χ3n) is 12.2. The lowest BCUT2D eigenvalue weighted by Gasteiger charge is -2.16. The molecule has 1 unspecified atom stereocenters. The molecule has 0 saturated heterocycles. The molecule has 0 spiro atoms. The average molecular weight is 784 g/mol. The minimum Gasteiger partial charge on any atom is -0.460 e. The highest BCUT2D eigenvalue weighted by Gasteiger charge is 2.27. The number of allylic oxidation sites excluding steroid dienone is 1. The molecule has 5 heteroatoms. The van der Waals surface area contributed by atoms with Gasteiger partial charge in [-0.15, -0.1) is 0 Å². The number of aromatic nitrogens is 3. The molecule has 0 bridgehead atoms. The van der Waals surface area contributed by atoms with Gasteiger partial charge in [0.2, 0.25) is 0 Å². The van der Waals surface area contributed by atoms with Crippen LogP contribution in [0.1, 0.15) is 30.6 Å². The second kappa shape index (κ2) is 14.1. The standard InChI is InChI=1S/C56H37N3O2/c1-34-14-12-24-47-51-49(61-53(34)47)31-30-41(38-20-13-19-37(32-38)35-15-4-2-5-16-35)52(51)56-58-54(39-26-27-45-44-23-10-11-25-48(44)60-50(45)33-39)57-55(59-56)46-29-28-40(36-17-6-3-7-18-36)42-21-8-9-22-43(42)46/h2-13,15-34H,14H2,1H3. The summed E-state index contributed by atoms with van der Waals surface area (Å²) >= 11 is 0. The van der Waals surface area contributed by atoms with Crippen molar-refractivity contribution in [1.82, 2.24) is 15.0 Å². The van der Waals surface area contributed by atoms with E-state index >= 15 is 0 Å². The van der Waals surface area contributed by atoms with Gasteiger partial charge in [-0.3, -0.25) is 0 Å². The van der Waals surface area contributed by atoms with Crippen molar-refractivity contribution in [2.45, 2.75) is 19.3 Å². The summed E-state index contributed by atoms with van der Waals surface area (Å²) in [6.45, 7) is 2.23. The van der Waals surface area contributed by atoms with Crippen molar-refractivity contribution in [3.63, 3.8) is 0 Å². The first-order valence-electron chi connectivity index (χ1n) is 20.8. The number of hydrogen-bond donors (Lipinski definition) is 0. The van der Waals surface area contributed by atoms with Gasteiger partial charge in [-0.25, -0.2) is 15.0 Å². The first-order valence-corrected chi connectivity index (χ1v) is 20.8. The molecule has 3 heterocycles. The molecule has 0 fully saturated rings. The van der Waals surface area contributed by atoms with Crippen molar-refractivity contribution in [3.05, 3.63) is 193 Å². The van der Waals surface area contributed by atoms with Gasteiger partial charge in [-0.2, -0.15) is 0 Å². The summed E-state index contributed by atoms with van der Waals surface area (Å²) in [6, 6.07) is 61.4. The number of rotatable bonds is 6. The molecule has 1 aliphatic carbocycles. The van der Waals surface area contributed by atoms with Gasteiger partial charge in [0, 0.05) is 44.3 Å². The Kier molecular flexibility index (Phi) is 8.13. The maximum absolute atomic E-state index is 6.73. The summed E-state index contributed by atoms with van der Waals surface area (Å²) in [5, 5.41) is 5.31. The monoisotopic (exact) mass is 783 g/mol. The van der Waals surface area contributed by atoms with Crippen molar-refractivity contribution in [1.29, 1.82) is 0 Å². The third-order valence-corrected chi connectivity index (χ3v) is 12.2. The summed E-state index contributed by atoms with van der Waals surface area (Å²) in [5.74, 6) is 2.94. The van der Waals surface area contributed by atoms with E-state index < -0.39 is 0 Å². The molecule has 0 amide bonds. The predicted molar refractivity (Wildman–Crippen MR) is 249 cm³/mol. The molecule has 61 heavy (non-hydrogen) atoms. The smallest absolute Gasteiger partial charge is 0.165 e. The fourth-order valence-corrected chi connectivity index (χ4v) is 9.20. The number of fused-ring (bicyclic) bond motifs is 7. The van der Waals surface area contributed by atoms with E-state index in [0.29, 0.717) is 17.5 Å². The van der Waals surface area contributed by atoms with E-state index in [1.165, 1.54) is 0 Å². The normalized spacial score (nSPS) is 13.7. The van der Waals surface area contributed by atoms with Crippen LogP contribution in [0.4, 0.5) is 0 Å². The maximum atomic E-state index is 6.73. The Labute approximate surface area is 352 Å². The van der Waals surface area contributed by atoms with Gasteiger partial charge in [0.15, 0.2) is 17.5 Å². The van der Waals surface area contributed by atoms with E-state index in [2.05, 4.69) is 177 Å². The van der Waals surface area contributed by atoms with Crippen molar-refractivity contribution < 1.29 is 8.83 Å². The van der Waals surface area contributed by atoms with Crippen molar-refractivity contribution >= 4 is 49.8 Å². The zero-order valence-corrected chi connectivity index (χ0v) is 33.3. The quantitative estimate of drug-likeness (QED) is 0.168. The Morgan fingerprint density at radius 3 is 1.90 bits per heavy atom. The Hall–Kier alpha value is -7.89. The van der Waals surface area contributed by atoms with E-state index in [1.54, 1.807) is 0 Å². The molecule has 3 aromatic heterocycles. The van der Waals surface area contributed by atoms with Crippen LogP contribution >= 0.6 is 0 Å². The highest BCUT2D eigenvalue weighted by atomic mass is 16.3. The fourth-order valence-electron chi connectivity index (χ4n) is 9.20. The Morgan fingerprint density at radius 1 is 0.426 bits per heavy atom. The summed E-state index contributed by atoms with van der Waals surface area (Å²) in [7, 11) is 0. The second-order valence-corrected chi connectivity index (χ2v) is 15.9. The molecular formula is C56H37N3O2. The number of furan rings is 2. The van der Waals surface area contributed by atoms with E-state index in [-0.39, 0.29) is 5.92 Å². The van der Waals surface area contributed by atoms with Crippen LogP contribution in [0.15, 0.2) is 191 Å². The van der Waals surface area contributed by atoms with Gasteiger partial charge in [0.25, 0.3) is 0 Å². The van der Waals surface area contributed by atoms with Gasteiger partial charge in [-0.05, 0) is 93.0 Å². The highest BCUT2D eigenvalue weighted by molar-refractivity contribution is 6.08. The first kappa shape index (κ1) is 35.1.